The van der Waals surface area contributed by atoms with Gasteiger partial charge >= 0.3 is 0 Å². The van der Waals surface area contributed by atoms with Gasteiger partial charge in [0.05, 0.1) is 11.4 Å². The van der Waals surface area contributed by atoms with Crippen LogP contribution in [0.25, 0.3) is 5.69 Å². The Bertz CT molecular complexity index is 587. The van der Waals surface area contributed by atoms with Gasteiger partial charge in [0.2, 0.25) is 0 Å². The lowest BCUT2D eigenvalue weighted by Crippen LogP contribution is -2.33. The molecule has 0 saturated heterocycles. The summed E-state index contributed by atoms with van der Waals surface area (Å²) in [5.74, 6) is 0. The van der Waals surface area contributed by atoms with Crippen molar-refractivity contribution in [3.8, 4) is 5.69 Å². The molecule has 2 rings (SSSR count). The van der Waals surface area contributed by atoms with E-state index in [1.807, 2.05) is 22.9 Å². The molecule has 0 aliphatic heterocycles. The Morgan fingerprint density at radius 2 is 1.86 bits per heavy atom. The molecular formula is C18H28N4. The largest absolute Gasteiger partial charge is 0.311 e. The minimum Gasteiger partial charge on any atom is -0.311 e. The second-order valence-corrected chi connectivity index (χ2v) is 6.15. The van der Waals surface area contributed by atoms with Crippen LogP contribution in [0, 0.1) is 13.8 Å². The molecule has 0 amide bonds. The van der Waals surface area contributed by atoms with E-state index in [4.69, 9.17) is 0 Å². The van der Waals surface area contributed by atoms with Crippen molar-refractivity contribution in [2.75, 3.05) is 20.1 Å². The highest BCUT2D eigenvalue weighted by Crippen LogP contribution is 2.17. The summed E-state index contributed by atoms with van der Waals surface area (Å²) in [6, 6.07) is 10.9. The summed E-state index contributed by atoms with van der Waals surface area (Å²) in [7, 11) is 2.16. The van der Waals surface area contributed by atoms with Crippen molar-refractivity contribution in [3.05, 3.63) is 47.3 Å². The summed E-state index contributed by atoms with van der Waals surface area (Å²) >= 11 is 0. The highest BCUT2D eigenvalue weighted by atomic mass is 15.3. The van der Waals surface area contributed by atoms with E-state index in [1.165, 1.54) is 11.3 Å². The Kier molecular flexibility index (Phi) is 5.75. The molecule has 22 heavy (non-hydrogen) atoms. The van der Waals surface area contributed by atoms with Crippen LogP contribution in [0.1, 0.15) is 30.8 Å². The van der Waals surface area contributed by atoms with Gasteiger partial charge in [-0.3, -0.25) is 0 Å². The van der Waals surface area contributed by atoms with Crippen molar-refractivity contribution in [1.29, 1.82) is 0 Å². The maximum Gasteiger partial charge on any atom is 0.0648 e. The van der Waals surface area contributed by atoms with E-state index in [0.29, 0.717) is 6.04 Å². The molecule has 0 aliphatic rings. The molecule has 0 saturated carbocycles. The fraction of sp³-hybridized carbons (Fsp3) is 0.500. The monoisotopic (exact) mass is 300 g/mol. The number of aromatic nitrogens is 2. The summed E-state index contributed by atoms with van der Waals surface area (Å²) in [5, 5.41) is 8.23. The van der Waals surface area contributed by atoms with Crippen LogP contribution in [-0.2, 0) is 6.54 Å². The van der Waals surface area contributed by atoms with E-state index in [-0.39, 0.29) is 0 Å². The fourth-order valence-corrected chi connectivity index (χ4v) is 2.48. The first kappa shape index (κ1) is 16.7. The van der Waals surface area contributed by atoms with Crippen molar-refractivity contribution >= 4 is 0 Å². The average Bonchev–Trinajstić information content (AvgIpc) is 2.79. The molecule has 0 aliphatic carbocycles. The second kappa shape index (κ2) is 7.56. The lowest BCUT2D eigenvalue weighted by atomic mass is 10.2. The number of aryl methyl sites for hydroxylation is 1. The van der Waals surface area contributed by atoms with E-state index in [2.05, 4.69) is 62.2 Å². The number of rotatable bonds is 7. The van der Waals surface area contributed by atoms with Gasteiger partial charge in [-0.1, -0.05) is 18.2 Å². The molecule has 0 unspecified atom stereocenters. The van der Waals surface area contributed by atoms with Gasteiger partial charge in [-0.15, -0.1) is 0 Å². The molecule has 1 N–H and O–H groups in total. The van der Waals surface area contributed by atoms with E-state index in [0.717, 1.165) is 31.0 Å². The first-order chi connectivity index (χ1) is 10.5. The molecule has 0 fully saturated rings. The van der Waals surface area contributed by atoms with Crippen LogP contribution in [0.2, 0.25) is 0 Å². The van der Waals surface area contributed by atoms with E-state index < -0.39 is 0 Å². The normalized spacial score (nSPS) is 11.6. The molecule has 0 bridgehead atoms. The summed E-state index contributed by atoms with van der Waals surface area (Å²) < 4.78 is 2.03. The van der Waals surface area contributed by atoms with Gasteiger partial charge in [-0.25, -0.2) is 4.68 Å². The lowest BCUT2D eigenvalue weighted by Gasteiger charge is -2.20. The van der Waals surface area contributed by atoms with Crippen molar-refractivity contribution in [2.24, 2.45) is 0 Å². The lowest BCUT2D eigenvalue weighted by molar-refractivity contribution is 0.273. The predicted octanol–water partition coefficient (Wildman–Crippen LogP) is 2.92. The average molecular weight is 300 g/mol. The SMILES string of the molecule is Cc1nn(-c2ccccc2)c(C)c1CNCCN(C)C(C)C. The standard InChI is InChI=1S/C18H28N4/c1-14(2)21(5)12-11-19-13-18-15(3)20-22(16(18)4)17-9-7-6-8-10-17/h6-10,14,19H,11-13H2,1-5H3. The smallest absolute Gasteiger partial charge is 0.0648 e. The van der Waals surface area contributed by atoms with Gasteiger partial charge in [0, 0.05) is 36.9 Å². The molecular weight excluding hydrogens is 272 g/mol. The van der Waals surface area contributed by atoms with Gasteiger partial charge in [0.1, 0.15) is 0 Å². The Hall–Kier alpha value is -1.65. The molecule has 0 atom stereocenters. The zero-order valence-corrected chi connectivity index (χ0v) is 14.4. The highest BCUT2D eigenvalue weighted by Gasteiger charge is 2.12. The number of hydrogen-bond acceptors (Lipinski definition) is 3. The maximum absolute atomic E-state index is 4.69. The van der Waals surface area contributed by atoms with Crippen molar-refractivity contribution in [1.82, 2.24) is 20.0 Å². The maximum atomic E-state index is 4.69. The number of nitrogens with one attached hydrogen (secondary N) is 1. The van der Waals surface area contributed by atoms with Gasteiger partial charge in [-0.2, -0.15) is 5.10 Å². The Labute approximate surface area is 134 Å². The number of likely N-dealkylation sites (N-methyl/N-ethyl adjacent to an activating group) is 1. The van der Waals surface area contributed by atoms with Crippen LogP contribution in [-0.4, -0.2) is 40.9 Å². The van der Waals surface area contributed by atoms with Crippen LogP contribution >= 0.6 is 0 Å². The molecule has 4 heteroatoms. The van der Waals surface area contributed by atoms with Crippen molar-refractivity contribution in [3.63, 3.8) is 0 Å². The summed E-state index contributed by atoms with van der Waals surface area (Å²) in [6.45, 7) is 11.6. The van der Waals surface area contributed by atoms with Crippen molar-refractivity contribution in [2.45, 2.75) is 40.3 Å². The molecule has 2 aromatic rings. The van der Waals surface area contributed by atoms with Crippen LogP contribution in [0.3, 0.4) is 0 Å². The molecule has 1 aromatic carbocycles. The van der Waals surface area contributed by atoms with Crippen LogP contribution in [0.4, 0.5) is 0 Å². The molecule has 4 nitrogen and oxygen atoms in total. The molecule has 1 aromatic heterocycles. The minimum atomic E-state index is 0.589. The minimum absolute atomic E-state index is 0.589. The molecule has 0 spiro atoms. The summed E-state index contributed by atoms with van der Waals surface area (Å²) in [4.78, 5) is 2.35. The highest BCUT2D eigenvalue weighted by molar-refractivity contribution is 5.36. The Balaban J connectivity index is 1.99. The van der Waals surface area contributed by atoms with Gasteiger partial charge in [-0.05, 0) is 46.9 Å². The van der Waals surface area contributed by atoms with Gasteiger partial charge in [0.25, 0.3) is 0 Å². The zero-order chi connectivity index (χ0) is 16.1. The first-order valence-corrected chi connectivity index (χ1v) is 8.02. The predicted molar refractivity (Wildman–Crippen MR) is 92.5 cm³/mol. The Morgan fingerprint density at radius 3 is 2.50 bits per heavy atom. The fourth-order valence-electron chi connectivity index (χ4n) is 2.48. The first-order valence-electron chi connectivity index (χ1n) is 8.02. The quantitative estimate of drug-likeness (QED) is 0.798. The summed E-state index contributed by atoms with van der Waals surface area (Å²) in [5.41, 5.74) is 4.74. The topological polar surface area (TPSA) is 33.1 Å². The number of benzene rings is 1. The Morgan fingerprint density at radius 1 is 1.18 bits per heavy atom. The third kappa shape index (κ3) is 3.96. The second-order valence-electron chi connectivity index (χ2n) is 6.15. The van der Waals surface area contributed by atoms with Crippen LogP contribution < -0.4 is 5.32 Å². The third-order valence-electron chi connectivity index (χ3n) is 4.27. The van der Waals surface area contributed by atoms with E-state index >= 15 is 0 Å². The van der Waals surface area contributed by atoms with Crippen molar-refractivity contribution < 1.29 is 0 Å². The molecule has 1 heterocycles. The number of hydrogen-bond donors (Lipinski definition) is 1. The third-order valence-corrected chi connectivity index (χ3v) is 4.27. The van der Waals surface area contributed by atoms with Gasteiger partial charge in [0.15, 0.2) is 0 Å². The number of para-hydroxylation sites is 1. The van der Waals surface area contributed by atoms with E-state index in [9.17, 15) is 0 Å². The van der Waals surface area contributed by atoms with Gasteiger partial charge < -0.3 is 10.2 Å². The zero-order valence-electron chi connectivity index (χ0n) is 14.4. The van der Waals surface area contributed by atoms with Crippen LogP contribution in [0.15, 0.2) is 30.3 Å². The van der Waals surface area contributed by atoms with E-state index in [1.54, 1.807) is 0 Å². The summed E-state index contributed by atoms with van der Waals surface area (Å²) in [6.07, 6.45) is 0. The van der Waals surface area contributed by atoms with Crippen LogP contribution in [0.5, 0.6) is 0 Å². The molecule has 0 radical (unpaired) electrons. The molecule has 120 valence electrons. The number of nitrogens with zero attached hydrogens (tertiary/aromatic N) is 3.